The minimum absolute atomic E-state index is 0. The zero-order valence-corrected chi connectivity index (χ0v) is 10.5. The second kappa shape index (κ2) is 3.92. The van der Waals surface area contributed by atoms with Crippen LogP contribution >= 0.6 is 0 Å². The van der Waals surface area contributed by atoms with Crippen LogP contribution < -0.4 is 0 Å². The Labute approximate surface area is 81.8 Å². The predicted molar refractivity (Wildman–Crippen MR) is 45.1 cm³/mol. The van der Waals surface area contributed by atoms with Crippen molar-refractivity contribution in [3.63, 3.8) is 0 Å². The first-order chi connectivity index (χ1) is 4.61. The maximum atomic E-state index is 3.96. The van der Waals surface area contributed by atoms with Crippen molar-refractivity contribution >= 4 is 0 Å². The van der Waals surface area contributed by atoms with Crippen molar-refractivity contribution in [2.75, 3.05) is 0 Å². The first-order valence-electron chi connectivity index (χ1n) is 3.51. The molecule has 0 fully saturated rings. The van der Waals surface area contributed by atoms with E-state index in [1.807, 2.05) is 0 Å². The number of aryl methyl sites for hydroxylation is 3. The van der Waals surface area contributed by atoms with Gasteiger partial charge in [-0.25, -0.2) is 0 Å². The quantitative estimate of drug-likeness (QED) is 0.444. The summed E-state index contributed by atoms with van der Waals surface area (Å²) in [7, 11) is 0. The number of rotatable bonds is 0. The van der Waals surface area contributed by atoms with E-state index in [1.54, 1.807) is 0 Å². The van der Waals surface area contributed by atoms with E-state index in [2.05, 4.69) is 39.8 Å². The molecule has 0 bridgehead atoms. The molecule has 0 atom stereocenters. The van der Waals surface area contributed by atoms with Gasteiger partial charge in [-0.1, -0.05) is 19.4 Å². The molecule has 1 heteroatoms. The van der Waals surface area contributed by atoms with Gasteiger partial charge in [0.2, 0.25) is 0 Å². The van der Waals surface area contributed by atoms with Crippen LogP contribution in [-0.2, 0) is 19.5 Å². The van der Waals surface area contributed by atoms with Crippen molar-refractivity contribution in [1.82, 2.24) is 0 Å². The van der Waals surface area contributed by atoms with Crippen molar-refractivity contribution in [3.8, 4) is 0 Å². The zero-order chi connectivity index (χ0) is 7.72. The van der Waals surface area contributed by atoms with Crippen molar-refractivity contribution in [1.29, 1.82) is 0 Å². The predicted octanol–water partition coefficient (Wildman–Crippen LogP) is 2.79. The molecule has 0 N–H and O–H groups in total. The van der Waals surface area contributed by atoms with E-state index in [0.29, 0.717) is 0 Å². The van der Waals surface area contributed by atoms with Gasteiger partial charge in [-0.2, -0.15) is 23.6 Å². The van der Waals surface area contributed by atoms with Gasteiger partial charge in [0.05, 0.1) is 0 Å². The van der Waals surface area contributed by atoms with Crippen LogP contribution in [0.25, 0.3) is 0 Å². The van der Waals surface area contributed by atoms with Gasteiger partial charge in [-0.05, 0) is 6.92 Å². The fourth-order valence-electron chi connectivity index (χ4n) is 1.21. The summed E-state index contributed by atoms with van der Waals surface area (Å²) in [6.45, 7) is 10.3. The SMILES string of the molecule is [CH2-]c1c(C)cc(C)cc1C.[Zn]. The summed E-state index contributed by atoms with van der Waals surface area (Å²) >= 11 is 0. The minimum atomic E-state index is 0. The molecule has 0 amide bonds. The van der Waals surface area contributed by atoms with Crippen LogP contribution in [0.1, 0.15) is 22.3 Å². The molecule has 0 aliphatic heterocycles. The normalized spacial score (nSPS) is 9.00. The molecule has 0 aromatic heterocycles. The molecule has 0 saturated heterocycles. The van der Waals surface area contributed by atoms with E-state index in [9.17, 15) is 0 Å². The van der Waals surface area contributed by atoms with E-state index in [1.165, 1.54) is 22.3 Å². The third-order valence-corrected chi connectivity index (χ3v) is 1.84. The molecule has 0 nitrogen and oxygen atoms in total. The molecule has 0 saturated carbocycles. The Kier molecular flexibility index (Phi) is 3.82. The standard InChI is InChI=1S/C10H13.Zn/c1-7-5-8(2)10(4)9(3)6-7;/h5-6H,4H2,1-3H3;/q-1;. The van der Waals surface area contributed by atoms with E-state index in [0.717, 1.165) is 0 Å². The van der Waals surface area contributed by atoms with Crippen molar-refractivity contribution < 1.29 is 19.5 Å². The molecule has 0 heterocycles. The average molecular weight is 199 g/mol. The maximum absolute atomic E-state index is 3.96. The van der Waals surface area contributed by atoms with E-state index >= 15 is 0 Å². The summed E-state index contributed by atoms with van der Waals surface area (Å²) in [5, 5.41) is 0. The van der Waals surface area contributed by atoms with Crippen molar-refractivity contribution in [2.45, 2.75) is 20.8 Å². The molecule has 0 unspecified atom stereocenters. The van der Waals surface area contributed by atoms with E-state index in [4.69, 9.17) is 0 Å². The van der Waals surface area contributed by atoms with Gasteiger partial charge < -0.3 is 0 Å². The Morgan fingerprint density at radius 2 is 1.36 bits per heavy atom. The van der Waals surface area contributed by atoms with Crippen LogP contribution in [-0.4, -0.2) is 0 Å². The summed E-state index contributed by atoms with van der Waals surface area (Å²) in [6, 6.07) is 4.32. The summed E-state index contributed by atoms with van der Waals surface area (Å²) < 4.78 is 0. The molecule has 56 valence electrons. The van der Waals surface area contributed by atoms with E-state index in [-0.39, 0.29) is 19.5 Å². The average Bonchev–Trinajstić information content (AvgIpc) is 1.82. The smallest absolute Gasteiger partial charge is 0 e. The Bertz CT molecular complexity index is 228. The van der Waals surface area contributed by atoms with Crippen molar-refractivity contribution in [3.05, 3.63) is 41.3 Å². The van der Waals surface area contributed by atoms with Gasteiger partial charge in [-0.15, -0.1) is 12.1 Å². The van der Waals surface area contributed by atoms with Gasteiger partial charge in [0, 0.05) is 19.5 Å². The first-order valence-corrected chi connectivity index (χ1v) is 3.51. The molecule has 1 aromatic carbocycles. The van der Waals surface area contributed by atoms with Crippen LogP contribution in [0.3, 0.4) is 0 Å². The Balaban J connectivity index is 0.000001000. The minimum Gasteiger partial charge on any atom is -0.198 e. The fourth-order valence-corrected chi connectivity index (χ4v) is 1.21. The second-order valence-corrected chi connectivity index (χ2v) is 2.88. The number of hydrogen-bond donors (Lipinski definition) is 0. The van der Waals surface area contributed by atoms with Crippen LogP contribution in [0.5, 0.6) is 0 Å². The van der Waals surface area contributed by atoms with Gasteiger partial charge in [0.1, 0.15) is 0 Å². The van der Waals surface area contributed by atoms with Crippen molar-refractivity contribution in [2.24, 2.45) is 0 Å². The van der Waals surface area contributed by atoms with Crippen LogP contribution in [0.4, 0.5) is 0 Å². The second-order valence-electron chi connectivity index (χ2n) is 2.88. The Hall–Kier alpha value is -0.287. The third kappa shape index (κ3) is 2.34. The largest absolute Gasteiger partial charge is 0.198 e. The van der Waals surface area contributed by atoms with Crippen LogP contribution in [0.2, 0.25) is 0 Å². The number of benzene rings is 1. The first kappa shape index (κ1) is 10.7. The molecule has 0 radical (unpaired) electrons. The third-order valence-electron chi connectivity index (χ3n) is 1.84. The van der Waals surface area contributed by atoms with Crippen LogP contribution in [0, 0.1) is 27.7 Å². The Morgan fingerprint density at radius 3 is 1.73 bits per heavy atom. The number of hydrogen-bond acceptors (Lipinski definition) is 0. The molecular formula is C10H13Zn-. The topological polar surface area (TPSA) is 0 Å². The summed E-state index contributed by atoms with van der Waals surface area (Å²) in [5.41, 5.74) is 5.07. The molecule has 0 spiro atoms. The summed E-state index contributed by atoms with van der Waals surface area (Å²) in [6.07, 6.45) is 0. The van der Waals surface area contributed by atoms with Gasteiger partial charge in [0.15, 0.2) is 0 Å². The van der Waals surface area contributed by atoms with E-state index < -0.39 is 0 Å². The molecule has 0 aliphatic carbocycles. The van der Waals surface area contributed by atoms with Gasteiger partial charge in [0.25, 0.3) is 0 Å². The zero-order valence-electron chi connectivity index (χ0n) is 7.57. The fraction of sp³-hybridized carbons (Fsp3) is 0.300. The summed E-state index contributed by atoms with van der Waals surface area (Å²) in [5.74, 6) is 0. The molecule has 11 heavy (non-hydrogen) atoms. The monoisotopic (exact) mass is 197 g/mol. The molecule has 0 aliphatic rings. The molecular weight excluding hydrogens is 185 g/mol. The maximum Gasteiger partial charge on any atom is 0 e. The van der Waals surface area contributed by atoms with Gasteiger partial charge in [-0.3, -0.25) is 0 Å². The van der Waals surface area contributed by atoms with Gasteiger partial charge >= 0.3 is 0 Å². The molecule has 1 aromatic rings. The van der Waals surface area contributed by atoms with Crippen LogP contribution in [0.15, 0.2) is 12.1 Å². The summed E-state index contributed by atoms with van der Waals surface area (Å²) in [4.78, 5) is 0. The molecule has 1 rings (SSSR count). The Morgan fingerprint density at radius 1 is 1.00 bits per heavy atom.